The molecule has 0 spiro atoms. The molecule has 0 aliphatic rings. The Balaban J connectivity index is 2.73. The summed E-state index contributed by atoms with van der Waals surface area (Å²) in [5.74, 6) is -0.996. The molecule has 0 unspecified atom stereocenters. The zero-order valence-electron chi connectivity index (χ0n) is 7.56. The van der Waals surface area contributed by atoms with Crippen LogP contribution < -0.4 is 0 Å². The van der Waals surface area contributed by atoms with Gasteiger partial charge < -0.3 is 5.11 Å². The summed E-state index contributed by atoms with van der Waals surface area (Å²) in [4.78, 5) is 20.8. The molecule has 0 amide bonds. The van der Waals surface area contributed by atoms with Crippen molar-refractivity contribution in [1.29, 1.82) is 0 Å². The molecule has 0 saturated heterocycles. The van der Waals surface area contributed by atoms with Crippen LogP contribution in [0.2, 0.25) is 0 Å². The molecule has 3 heteroatoms. The van der Waals surface area contributed by atoms with E-state index in [9.17, 15) is 9.59 Å². The first-order valence-corrected chi connectivity index (χ1v) is 4.08. The molecule has 0 aliphatic heterocycles. The molecule has 0 aromatic heterocycles. The minimum atomic E-state index is -0.996. The van der Waals surface area contributed by atoms with Gasteiger partial charge in [-0.3, -0.25) is 4.79 Å². The molecular weight excluding hydrogens is 180 g/mol. The van der Waals surface area contributed by atoms with Gasteiger partial charge in [0.25, 0.3) is 0 Å². The van der Waals surface area contributed by atoms with Gasteiger partial charge in [-0.15, -0.1) is 0 Å². The van der Waals surface area contributed by atoms with Crippen LogP contribution in [0.5, 0.6) is 0 Å². The molecule has 0 radical (unpaired) electrons. The Morgan fingerprint density at radius 1 is 1.36 bits per heavy atom. The van der Waals surface area contributed by atoms with Gasteiger partial charge in [-0.2, -0.15) is 0 Å². The molecule has 0 fully saturated rings. The number of hydrogen-bond donors (Lipinski definition) is 1. The minimum Gasteiger partial charge on any atom is -0.478 e. The van der Waals surface area contributed by atoms with E-state index in [1.54, 1.807) is 24.3 Å². The third-order valence-corrected chi connectivity index (χ3v) is 1.84. The predicted octanol–water partition coefficient (Wildman–Crippen LogP) is 1.68. The Kier molecular flexibility index (Phi) is 3.18. The maximum absolute atomic E-state index is 10.5. The molecule has 14 heavy (non-hydrogen) atoms. The second-order valence-corrected chi connectivity index (χ2v) is 2.94. The summed E-state index contributed by atoms with van der Waals surface area (Å²) in [6.07, 6.45) is 1.05. The lowest BCUT2D eigenvalue weighted by atomic mass is 10.1. The summed E-state index contributed by atoms with van der Waals surface area (Å²) >= 11 is 0. The van der Waals surface area contributed by atoms with Crippen LogP contribution in [0.1, 0.15) is 15.9 Å². The molecule has 1 rings (SSSR count). The van der Waals surface area contributed by atoms with Gasteiger partial charge in [0, 0.05) is 17.6 Å². The van der Waals surface area contributed by atoms with Crippen LogP contribution in [0.25, 0.3) is 0 Å². The molecular formula is C11H10O3. The van der Waals surface area contributed by atoms with Crippen LogP contribution in [-0.2, 0) is 11.2 Å². The Morgan fingerprint density at radius 3 is 2.36 bits per heavy atom. The zero-order chi connectivity index (χ0) is 10.6. The SMILES string of the molecule is C=C(Cc1ccc(C=O)cc1)C(=O)O. The van der Waals surface area contributed by atoms with Crippen LogP contribution in [0.3, 0.4) is 0 Å². The fourth-order valence-corrected chi connectivity index (χ4v) is 1.04. The van der Waals surface area contributed by atoms with Gasteiger partial charge in [-0.25, -0.2) is 4.79 Å². The van der Waals surface area contributed by atoms with Crippen molar-refractivity contribution >= 4 is 12.3 Å². The first-order valence-electron chi connectivity index (χ1n) is 4.08. The minimum absolute atomic E-state index is 0.142. The quantitative estimate of drug-likeness (QED) is 0.580. The number of carbonyl (C=O) groups is 2. The van der Waals surface area contributed by atoms with Gasteiger partial charge in [0.2, 0.25) is 0 Å². The van der Waals surface area contributed by atoms with E-state index in [1.165, 1.54) is 0 Å². The number of carboxylic acid groups (broad SMARTS) is 1. The Bertz CT molecular complexity index is 363. The standard InChI is InChI=1S/C11H10O3/c1-8(11(13)14)6-9-2-4-10(7-12)5-3-9/h2-5,7H,1,6H2,(H,13,14). The molecule has 0 bridgehead atoms. The van der Waals surface area contributed by atoms with Crippen LogP contribution >= 0.6 is 0 Å². The maximum atomic E-state index is 10.5. The van der Waals surface area contributed by atoms with Gasteiger partial charge in [-0.05, 0) is 5.56 Å². The number of benzene rings is 1. The largest absolute Gasteiger partial charge is 0.478 e. The summed E-state index contributed by atoms with van der Waals surface area (Å²) in [7, 11) is 0. The fraction of sp³-hybridized carbons (Fsp3) is 0.0909. The van der Waals surface area contributed by atoms with Crippen molar-refractivity contribution in [1.82, 2.24) is 0 Å². The summed E-state index contributed by atoms with van der Waals surface area (Å²) in [6, 6.07) is 6.74. The van der Waals surface area contributed by atoms with E-state index in [2.05, 4.69) is 6.58 Å². The van der Waals surface area contributed by atoms with E-state index in [0.29, 0.717) is 12.0 Å². The smallest absolute Gasteiger partial charge is 0.331 e. The molecule has 0 atom stereocenters. The first kappa shape index (κ1) is 10.2. The Hall–Kier alpha value is -1.90. The van der Waals surface area contributed by atoms with Crippen molar-refractivity contribution in [3.63, 3.8) is 0 Å². The lowest BCUT2D eigenvalue weighted by molar-refractivity contribution is -0.132. The number of rotatable bonds is 4. The number of carboxylic acids is 1. The first-order chi connectivity index (χ1) is 6.63. The van der Waals surface area contributed by atoms with Crippen molar-refractivity contribution < 1.29 is 14.7 Å². The number of aliphatic carboxylic acids is 1. The van der Waals surface area contributed by atoms with Crippen LogP contribution in [0.15, 0.2) is 36.4 Å². The molecule has 0 heterocycles. The van der Waals surface area contributed by atoms with E-state index in [4.69, 9.17) is 5.11 Å². The second-order valence-electron chi connectivity index (χ2n) is 2.94. The number of hydrogen-bond acceptors (Lipinski definition) is 2. The average molecular weight is 190 g/mol. The highest BCUT2D eigenvalue weighted by Gasteiger charge is 2.04. The molecule has 1 aromatic rings. The number of aldehydes is 1. The van der Waals surface area contributed by atoms with Crippen LogP contribution in [0, 0.1) is 0 Å². The van der Waals surface area contributed by atoms with Crippen molar-refractivity contribution in [3.8, 4) is 0 Å². The third-order valence-electron chi connectivity index (χ3n) is 1.84. The highest BCUT2D eigenvalue weighted by atomic mass is 16.4. The molecule has 0 saturated carbocycles. The fourth-order valence-electron chi connectivity index (χ4n) is 1.04. The second kappa shape index (κ2) is 4.37. The summed E-state index contributed by atoms with van der Waals surface area (Å²) in [5.41, 5.74) is 1.56. The molecule has 72 valence electrons. The molecule has 0 aliphatic carbocycles. The Labute approximate surface area is 81.7 Å². The van der Waals surface area contributed by atoms with E-state index < -0.39 is 5.97 Å². The highest BCUT2D eigenvalue weighted by molar-refractivity contribution is 5.86. The normalized spacial score (nSPS) is 9.43. The molecule has 1 N–H and O–H groups in total. The van der Waals surface area contributed by atoms with E-state index in [0.717, 1.165) is 11.8 Å². The predicted molar refractivity (Wildman–Crippen MR) is 52.3 cm³/mol. The van der Waals surface area contributed by atoms with Crippen molar-refractivity contribution in [2.75, 3.05) is 0 Å². The number of carbonyl (C=O) groups excluding carboxylic acids is 1. The lowest BCUT2D eigenvalue weighted by Crippen LogP contribution is -2.02. The molecule has 1 aromatic carbocycles. The Morgan fingerprint density at radius 2 is 1.93 bits per heavy atom. The summed E-state index contributed by atoms with van der Waals surface area (Å²) < 4.78 is 0. The van der Waals surface area contributed by atoms with Crippen molar-refractivity contribution in [2.24, 2.45) is 0 Å². The van der Waals surface area contributed by atoms with Gasteiger partial charge in [-0.1, -0.05) is 30.8 Å². The van der Waals surface area contributed by atoms with E-state index >= 15 is 0 Å². The summed E-state index contributed by atoms with van der Waals surface area (Å²) in [6.45, 7) is 3.42. The average Bonchev–Trinajstić information content (AvgIpc) is 2.19. The summed E-state index contributed by atoms with van der Waals surface area (Å²) in [5, 5.41) is 8.59. The van der Waals surface area contributed by atoms with Crippen molar-refractivity contribution in [2.45, 2.75) is 6.42 Å². The topological polar surface area (TPSA) is 54.4 Å². The maximum Gasteiger partial charge on any atom is 0.331 e. The lowest BCUT2D eigenvalue weighted by Gasteiger charge is -2.00. The van der Waals surface area contributed by atoms with Crippen LogP contribution in [-0.4, -0.2) is 17.4 Å². The van der Waals surface area contributed by atoms with Crippen LogP contribution in [0.4, 0.5) is 0 Å². The molecule has 3 nitrogen and oxygen atoms in total. The van der Waals surface area contributed by atoms with Gasteiger partial charge >= 0.3 is 5.97 Å². The third kappa shape index (κ3) is 2.55. The zero-order valence-corrected chi connectivity index (χ0v) is 7.56. The monoisotopic (exact) mass is 190 g/mol. The highest BCUT2D eigenvalue weighted by Crippen LogP contribution is 2.07. The van der Waals surface area contributed by atoms with Crippen molar-refractivity contribution in [3.05, 3.63) is 47.5 Å². The van der Waals surface area contributed by atoms with Gasteiger partial charge in [0.05, 0.1) is 0 Å². The van der Waals surface area contributed by atoms with E-state index in [-0.39, 0.29) is 5.57 Å². The van der Waals surface area contributed by atoms with Gasteiger partial charge in [0.1, 0.15) is 6.29 Å². The van der Waals surface area contributed by atoms with Gasteiger partial charge in [0.15, 0.2) is 0 Å². The van der Waals surface area contributed by atoms with E-state index in [1.807, 2.05) is 0 Å².